The van der Waals surface area contributed by atoms with Crippen molar-refractivity contribution in [2.24, 2.45) is 4.99 Å². The lowest BCUT2D eigenvalue weighted by Gasteiger charge is -2.19. The molecule has 5 nitrogen and oxygen atoms in total. The first-order chi connectivity index (χ1) is 10.5. The van der Waals surface area contributed by atoms with E-state index in [-0.39, 0.29) is 6.42 Å². The average Bonchev–Trinajstić information content (AvgIpc) is 2.39. The van der Waals surface area contributed by atoms with Gasteiger partial charge >= 0.3 is 12.4 Å². The van der Waals surface area contributed by atoms with E-state index < -0.39 is 47.7 Å². The number of nitrogens with one attached hydrogen (secondary N) is 1. The van der Waals surface area contributed by atoms with Crippen LogP contribution in [0.4, 0.5) is 38.2 Å². The van der Waals surface area contributed by atoms with Crippen molar-refractivity contribution in [2.45, 2.75) is 45.1 Å². The highest BCUT2D eigenvalue weighted by molar-refractivity contribution is 6.28. The molecular formula is C11H12ClF6N5. The van der Waals surface area contributed by atoms with Crippen LogP contribution in [0.1, 0.15) is 26.7 Å². The summed E-state index contributed by atoms with van der Waals surface area (Å²) in [6.45, 7) is 2.48. The van der Waals surface area contributed by atoms with E-state index >= 15 is 0 Å². The fraction of sp³-hybridized carbons (Fsp3) is 0.636. The molecule has 23 heavy (non-hydrogen) atoms. The zero-order chi connectivity index (χ0) is 17.8. The van der Waals surface area contributed by atoms with E-state index in [1.165, 1.54) is 13.8 Å². The molecule has 0 saturated carbocycles. The van der Waals surface area contributed by atoms with Crippen molar-refractivity contribution in [3.8, 4) is 0 Å². The number of hydrogen-bond donors (Lipinski definition) is 1. The van der Waals surface area contributed by atoms with Crippen molar-refractivity contribution in [3.63, 3.8) is 0 Å². The summed E-state index contributed by atoms with van der Waals surface area (Å²) in [7, 11) is 0. The zero-order valence-electron chi connectivity index (χ0n) is 11.9. The van der Waals surface area contributed by atoms with Gasteiger partial charge in [-0.05, 0) is 24.4 Å². The fourth-order valence-corrected chi connectivity index (χ4v) is 1.64. The highest BCUT2D eigenvalue weighted by Crippen LogP contribution is 2.26. The first kappa shape index (κ1) is 19.4. The molecule has 1 aromatic heterocycles. The minimum absolute atomic E-state index is 0.339. The van der Waals surface area contributed by atoms with Gasteiger partial charge in [-0.15, -0.1) is 0 Å². The molecule has 0 aliphatic rings. The maximum atomic E-state index is 12.7. The van der Waals surface area contributed by atoms with E-state index in [0.717, 1.165) is 0 Å². The van der Waals surface area contributed by atoms with Crippen molar-refractivity contribution in [2.75, 3.05) is 5.32 Å². The van der Waals surface area contributed by atoms with Crippen molar-refractivity contribution in [1.29, 1.82) is 0 Å². The number of alkyl halides is 6. The van der Waals surface area contributed by atoms with E-state index in [1.807, 2.05) is 5.32 Å². The summed E-state index contributed by atoms with van der Waals surface area (Å²) in [5, 5.41) is 1.38. The van der Waals surface area contributed by atoms with Crippen LogP contribution in [-0.2, 0) is 0 Å². The van der Waals surface area contributed by atoms with Gasteiger partial charge in [-0.3, -0.25) is 0 Å². The summed E-state index contributed by atoms with van der Waals surface area (Å²) in [5.41, 5.74) is -1.19. The predicted molar refractivity (Wildman–Crippen MR) is 72.0 cm³/mol. The topological polar surface area (TPSA) is 63.1 Å². The summed E-state index contributed by atoms with van der Waals surface area (Å²) in [4.78, 5) is 13.4. The van der Waals surface area contributed by atoms with Crippen LogP contribution in [0.15, 0.2) is 4.99 Å². The molecule has 0 aliphatic heterocycles. The minimum Gasteiger partial charge on any atom is -0.342 e. The Morgan fingerprint density at radius 2 is 1.74 bits per heavy atom. The van der Waals surface area contributed by atoms with Gasteiger partial charge in [0.05, 0.1) is 0 Å². The summed E-state index contributed by atoms with van der Waals surface area (Å²) < 4.78 is 75.9. The molecule has 1 rings (SSSR count). The molecule has 1 N–H and O–H groups in total. The molecule has 1 aromatic rings. The monoisotopic (exact) mass is 363 g/mol. The van der Waals surface area contributed by atoms with Crippen LogP contribution in [0.3, 0.4) is 0 Å². The summed E-state index contributed by atoms with van der Waals surface area (Å²) in [6.07, 6.45) is -10.1. The second-order valence-corrected chi connectivity index (χ2v) is 4.62. The van der Waals surface area contributed by atoms with E-state index in [1.54, 1.807) is 0 Å². The third-order valence-corrected chi connectivity index (χ3v) is 2.77. The van der Waals surface area contributed by atoms with Gasteiger partial charge in [0.25, 0.3) is 5.95 Å². The molecule has 0 amide bonds. The van der Waals surface area contributed by atoms with Crippen molar-refractivity contribution in [3.05, 3.63) is 5.28 Å². The predicted octanol–water partition coefficient (Wildman–Crippen LogP) is 4.32. The summed E-state index contributed by atoms with van der Waals surface area (Å²) in [6, 6.07) is -1.98. The second kappa shape index (κ2) is 7.28. The third-order valence-electron chi connectivity index (χ3n) is 2.60. The lowest BCUT2D eigenvalue weighted by molar-refractivity contribution is -0.143. The Bertz CT molecular complexity index is 571. The fourth-order valence-electron chi connectivity index (χ4n) is 1.49. The Morgan fingerprint density at radius 3 is 2.17 bits per heavy atom. The van der Waals surface area contributed by atoms with Crippen LogP contribution >= 0.6 is 11.6 Å². The Morgan fingerprint density at radius 1 is 1.13 bits per heavy atom. The van der Waals surface area contributed by atoms with Crippen LogP contribution in [0.25, 0.3) is 0 Å². The minimum atomic E-state index is -4.71. The maximum absolute atomic E-state index is 12.7. The number of halogens is 7. The Kier molecular flexibility index (Phi) is 6.14. The van der Waals surface area contributed by atoms with Crippen LogP contribution in [0.2, 0.25) is 5.28 Å². The Labute approximate surface area is 132 Å². The molecule has 0 fully saturated rings. The molecule has 0 spiro atoms. The SMILES string of the molecule is CC/C(=N/c1nc(Cl)nc(N[C@H](CC)C(F)(F)F)n1)C(F)(F)F. The third kappa shape index (κ3) is 5.81. The van der Waals surface area contributed by atoms with E-state index in [2.05, 4.69) is 19.9 Å². The molecule has 0 aromatic carbocycles. The first-order valence-corrected chi connectivity index (χ1v) is 6.74. The maximum Gasteiger partial charge on any atom is 0.429 e. The van der Waals surface area contributed by atoms with Gasteiger partial charge in [0.1, 0.15) is 11.8 Å². The molecular weight excluding hydrogens is 352 g/mol. The summed E-state index contributed by atoms with van der Waals surface area (Å²) in [5.74, 6) is -1.33. The van der Waals surface area contributed by atoms with Crippen molar-refractivity contribution >= 4 is 29.2 Å². The quantitative estimate of drug-likeness (QED) is 0.625. The van der Waals surface area contributed by atoms with Crippen molar-refractivity contribution in [1.82, 2.24) is 15.0 Å². The summed E-state index contributed by atoms with van der Waals surface area (Å²) >= 11 is 5.50. The zero-order valence-corrected chi connectivity index (χ0v) is 12.7. The van der Waals surface area contributed by atoms with Gasteiger partial charge in [-0.25, -0.2) is 4.99 Å². The molecule has 1 atom stereocenters. The number of rotatable bonds is 5. The number of hydrogen-bond acceptors (Lipinski definition) is 5. The van der Waals surface area contributed by atoms with Crippen LogP contribution in [0.5, 0.6) is 0 Å². The van der Waals surface area contributed by atoms with Gasteiger partial charge in [-0.1, -0.05) is 13.8 Å². The standard InChI is InChI=1S/C11H12ClF6N5/c1-3-5(10(13,14)15)19-8-21-7(12)22-9(23-8)20-6(4-2)11(16,17)18/h5H,3-4H2,1-2H3,(H,19,21,22,23)/b20-6-/t5-/m1/s1. The number of aliphatic imine (C=N–C) groups is 1. The average molecular weight is 364 g/mol. The van der Waals surface area contributed by atoms with Crippen LogP contribution < -0.4 is 5.32 Å². The van der Waals surface area contributed by atoms with Crippen LogP contribution in [-0.4, -0.2) is 39.1 Å². The lowest BCUT2D eigenvalue weighted by atomic mass is 10.2. The number of nitrogens with zero attached hydrogens (tertiary/aromatic N) is 4. The van der Waals surface area contributed by atoms with E-state index in [9.17, 15) is 26.3 Å². The molecule has 0 aliphatic carbocycles. The molecule has 130 valence electrons. The van der Waals surface area contributed by atoms with Gasteiger partial charge in [0.2, 0.25) is 11.2 Å². The highest BCUT2D eigenvalue weighted by Gasteiger charge is 2.39. The van der Waals surface area contributed by atoms with Crippen LogP contribution in [0, 0.1) is 0 Å². The van der Waals surface area contributed by atoms with Gasteiger partial charge in [-0.2, -0.15) is 41.3 Å². The number of anilines is 1. The van der Waals surface area contributed by atoms with Gasteiger partial charge < -0.3 is 5.32 Å². The first-order valence-electron chi connectivity index (χ1n) is 6.37. The Balaban J connectivity index is 3.16. The van der Waals surface area contributed by atoms with Crippen molar-refractivity contribution < 1.29 is 26.3 Å². The molecule has 0 saturated heterocycles. The number of aromatic nitrogens is 3. The van der Waals surface area contributed by atoms with Gasteiger partial charge in [0.15, 0.2) is 0 Å². The smallest absolute Gasteiger partial charge is 0.342 e. The van der Waals surface area contributed by atoms with E-state index in [0.29, 0.717) is 0 Å². The largest absolute Gasteiger partial charge is 0.429 e. The lowest BCUT2D eigenvalue weighted by Crippen LogP contribution is -2.36. The highest BCUT2D eigenvalue weighted by atomic mass is 35.5. The molecule has 0 bridgehead atoms. The second-order valence-electron chi connectivity index (χ2n) is 4.28. The van der Waals surface area contributed by atoms with E-state index in [4.69, 9.17) is 11.6 Å². The normalized spacial score (nSPS) is 14.7. The Hall–Kier alpha value is -1.65. The van der Waals surface area contributed by atoms with Gasteiger partial charge in [0, 0.05) is 0 Å². The molecule has 12 heteroatoms. The molecule has 0 radical (unpaired) electrons. The molecule has 0 unspecified atom stereocenters. The molecule has 1 heterocycles.